The minimum Gasteiger partial charge on any atom is -0.483 e. The molecule has 1 amide bonds. The molecule has 0 saturated carbocycles. The van der Waals surface area contributed by atoms with Crippen molar-refractivity contribution in [2.75, 3.05) is 33.0 Å². The molecule has 0 bridgehead atoms. The molecule has 0 N–H and O–H groups in total. The normalized spacial score (nSPS) is 19.1. The van der Waals surface area contributed by atoms with Gasteiger partial charge in [-0.3, -0.25) is 4.79 Å². The summed E-state index contributed by atoms with van der Waals surface area (Å²) in [6.45, 7) is -0.730. The average molecular weight is 321 g/mol. The van der Waals surface area contributed by atoms with Crippen molar-refractivity contribution in [3.05, 3.63) is 29.8 Å². The van der Waals surface area contributed by atoms with Crippen molar-refractivity contribution >= 4 is 5.91 Å². The molecule has 8 heteroatoms. The highest BCUT2D eigenvalue weighted by Crippen LogP contribution is 2.35. The lowest BCUT2D eigenvalue weighted by Crippen LogP contribution is -2.48. The van der Waals surface area contributed by atoms with Crippen LogP contribution in [0.5, 0.6) is 5.75 Å². The third-order valence-corrected chi connectivity index (χ3v) is 3.21. The van der Waals surface area contributed by atoms with E-state index >= 15 is 0 Å². The van der Waals surface area contributed by atoms with Crippen LogP contribution < -0.4 is 4.74 Å². The van der Waals surface area contributed by atoms with Gasteiger partial charge in [0.1, 0.15) is 18.5 Å². The van der Waals surface area contributed by atoms with E-state index in [0.29, 0.717) is 0 Å². The highest BCUT2D eigenvalue weighted by atomic mass is 19.4. The number of halogens is 4. The van der Waals surface area contributed by atoms with Crippen molar-refractivity contribution in [3.63, 3.8) is 0 Å². The summed E-state index contributed by atoms with van der Waals surface area (Å²) in [5, 5.41) is 0. The van der Waals surface area contributed by atoms with Crippen molar-refractivity contribution in [1.82, 2.24) is 4.90 Å². The number of carbonyl (C=O) groups is 1. The maximum Gasteiger partial charge on any atom is 0.419 e. The first-order chi connectivity index (χ1) is 10.4. The predicted octanol–water partition coefficient (Wildman–Crippen LogP) is 2.28. The first-order valence-corrected chi connectivity index (χ1v) is 6.66. The fourth-order valence-corrected chi connectivity index (χ4v) is 2.10. The zero-order chi connectivity index (χ0) is 16.2. The SMILES string of the molecule is O=C(COc1ccccc1C(F)(F)F)N1CCOC(CF)C1. The van der Waals surface area contributed by atoms with Crippen molar-refractivity contribution in [1.29, 1.82) is 0 Å². The number of para-hydroxylation sites is 1. The van der Waals surface area contributed by atoms with Crippen molar-refractivity contribution in [2.24, 2.45) is 0 Å². The fraction of sp³-hybridized carbons (Fsp3) is 0.500. The van der Waals surface area contributed by atoms with Gasteiger partial charge in [-0.25, -0.2) is 4.39 Å². The van der Waals surface area contributed by atoms with E-state index in [1.807, 2.05) is 0 Å². The summed E-state index contributed by atoms with van der Waals surface area (Å²) in [4.78, 5) is 13.3. The first kappa shape index (κ1) is 16.5. The second-order valence-corrected chi connectivity index (χ2v) is 4.77. The Kier molecular flexibility index (Phi) is 5.23. The summed E-state index contributed by atoms with van der Waals surface area (Å²) in [5.74, 6) is -0.905. The van der Waals surface area contributed by atoms with Crippen molar-refractivity contribution < 1.29 is 31.8 Å². The third-order valence-electron chi connectivity index (χ3n) is 3.21. The van der Waals surface area contributed by atoms with E-state index in [1.54, 1.807) is 0 Å². The van der Waals surface area contributed by atoms with Crippen LogP contribution in [0.4, 0.5) is 17.6 Å². The number of hydrogen-bond acceptors (Lipinski definition) is 3. The number of ether oxygens (including phenoxy) is 2. The van der Waals surface area contributed by atoms with Gasteiger partial charge in [0, 0.05) is 13.1 Å². The molecular formula is C14H15F4NO3. The maximum absolute atomic E-state index is 12.8. The van der Waals surface area contributed by atoms with E-state index in [-0.39, 0.29) is 19.7 Å². The van der Waals surface area contributed by atoms with Gasteiger partial charge in [0.2, 0.25) is 0 Å². The van der Waals surface area contributed by atoms with Crippen molar-refractivity contribution in [3.8, 4) is 5.75 Å². The van der Waals surface area contributed by atoms with Crippen LogP contribution in [0.25, 0.3) is 0 Å². The summed E-state index contributed by atoms with van der Waals surface area (Å²) >= 11 is 0. The number of benzene rings is 1. The molecular weight excluding hydrogens is 306 g/mol. The molecule has 1 atom stereocenters. The minimum absolute atomic E-state index is 0.0691. The Morgan fingerprint density at radius 2 is 2.09 bits per heavy atom. The second kappa shape index (κ2) is 6.95. The lowest BCUT2D eigenvalue weighted by atomic mass is 10.2. The molecule has 4 nitrogen and oxygen atoms in total. The largest absolute Gasteiger partial charge is 0.483 e. The quantitative estimate of drug-likeness (QED) is 0.799. The van der Waals surface area contributed by atoms with Gasteiger partial charge in [0.05, 0.1) is 12.2 Å². The molecule has 0 spiro atoms. The van der Waals surface area contributed by atoms with Crippen LogP contribution in [-0.2, 0) is 15.7 Å². The molecule has 1 heterocycles. The van der Waals surface area contributed by atoms with E-state index < -0.39 is 42.8 Å². The van der Waals surface area contributed by atoms with Gasteiger partial charge < -0.3 is 14.4 Å². The Labute approximate surface area is 124 Å². The molecule has 0 aromatic heterocycles. The molecule has 0 aliphatic carbocycles. The Hall–Kier alpha value is -1.83. The van der Waals surface area contributed by atoms with Gasteiger partial charge in [0.25, 0.3) is 5.91 Å². The van der Waals surface area contributed by atoms with Gasteiger partial charge in [-0.1, -0.05) is 12.1 Å². The van der Waals surface area contributed by atoms with Crippen LogP contribution in [0, 0.1) is 0 Å². The van der Waals surface area contributed by atoms with Crippen LogP contribution in [0.1, 0.15) is 5.56 Å². The van der Waals surface area contributed by atoms with Crippen LogP contribution in [0.3, 0.4) is 0 Å². The summed E-state index contributed by atoms with van der Waals surface area (Å²) in [6, 6.07) is 4.67. The highest BCUT2D eigenvalue weighted by Gasteiger charge is 2.34. The van der Waals surface area contributed by atoms with E-state index in [4.69, 9.17) is 9.47 Å². The molecule has 0 radical (unpaired) electrons. The standard InChI is InChI=1S/C14H15F4NO3/c15-7-10-8-19(5-6-21-10)13(20)9-22-12-4-2-1-3-11(12)14(16,17)18/h1-4,10H,5-9H2. The topological polar surface area (TPSA) is 38.8 Å². The Bertz CT molecular complexity index is 521. The Morgan fingerprint density at radius 3 is 2.77 bits per heavy atom. The molecule has 1 aromatic carbocycles. The van der Waals surface area contributed by atoms with Gasteiger partial charge in [0.15, 0.2) is 6.61 Å². The number of alkyl halides is 4. The molecule has 1 fully saturated rings. The molecule has 1 aromatic rings. The minimum atomic E-state index is -4.56. The number of rotatable bonds is 4. The van der Waals surface area contributed by atoms with Crippen LogP contribution in [0.15, 0.2) is 24.3 Å². The van der Waals surface area contributed by atoms with E-state index in [1.165, 1.54) is 17.0 Å². The van der Waals surface area contributed by atoms with Crippen LogP contribution in [0.2, 0.25) is 0 Å². The molecule has 2 rings (SSSR count). The van der Waals surface area contributed by atoms with E-state index in [9.17, 15) is 22.4 Å². The summed E-state index contributed by atoms with van der Waals surface area (Å²) < 4.78 is 61.0. The number of hydrogen-bond donors (Lipinski definition) is 0. The van der Waals surface area contributed by atoms with Crippen molar-refractivity contribution in [2.45, 2.75) is 12.3 Å². The second-order valence-electron chi connectivity index (χ2n) is 4.77. The zero-order valence-corrected chi connectivity index (χ0v) is 11.6. The summed E-state index contributed by atoms with van der Waals surface area (Å²) in [7, 11) is 0. The molecule has 122 valence electrons. The zero-order valence-electron chi connectivity index (χ0n) is 11.6. The lowest BCUT2D eigenvalue weighted by Gasteiger charge is -2.31. The van der Waals surface area contributed by atoms with Gasteiger partial charge in [-0.15, -0.1) is 0 Å². The third kappa shape index (κ3) is 4.09. The smallest absolute Gasteiger partial charge is 0.419 e. The summed E-state index contributed by atoms with van der Waals surface area (Å²) in [5.41, 5.74) is -0.939. The lowest BCUT2D eigenvalue weighted by molar-refractivity contribution is -0.144. The maximum atomic E-state index is 12.8. The number of nitrogens with zero attached hydrogens (tertiary/aromatic N) is 1. The van der Waals surface area contributed by atoms with Crippen LogP contribution in [-0.4, -0.2) is 49.9 Å². The summed E-state index contributed by atoms with van der Waals surface area (Å²) in [6.07, 6.45) is -5.25. The van der Waals surface area contributed by atoms with Crippen LogP contribution >= 0.6 is 0 Å². The Morgan fingerprint density at radius 1 is 1.36 bits per heavy atom. The van der Waals surface area contributed by atoms with Gasteiger partial charge in [-0.2, -0.15) is 13.2 Å². The van der Waals surface area contributed by atoms with Gasteiger partial charge >= 0.3 is 6.18 Å². The number of amides is 1. The molecule has 1 saturated heterocycles. The molecule has 22 heavy (non-hydrogen) atoms. The van der Waals surface area contributed by atoms with E-state index in [2.05, 4.69) is 0 Å². The molecule has 1 aliphatic heterocycles. The molecule has 1 aliphatic rings. The highest BCUT2D eigenvalue weighted by molar-refractivity contribution is 5.78. The monoisotopic (exact) mass is 321 g/mol. The Balaban J connectivity index is 1.97. The number of carbonyl (C=O) groups excluding carboxylic acids is 1. The first-order valence-electron chi connectivity index (χ1n) is 6.66. The van der Waals surface area contributed by atoms with E-state index in [0.717, 1.165) is 12.1 Å². The average Bonchev–Trinajstić information content (AvgIpc) is 2.52. The van der Waals surface area contributed by atoms with Gasteiger partial charge in [-0.05, 0) is 12.1 Å². The molecule has 1 unspecified atom stereocenters. The predicted molar refractivity (Wildman–Crippen MR) is 69.2 cm³/mol. The fourth-order valence-electron chi connectivity index (χ4n) is 2.10. The number of morpholine rings is 1.